The van der Waals surface area contributed by atoms with Gasteiger partial charge in [-0.2, -0.15) is 0 Å². The third-order valence-corrected chi connectivity index (χ3v) is 1.21. The van der Waals surface area contributed by atoms with E-state index in [2.05, 4.69) is 12.0 Å². The van der Waals surface area contributed by atoms with Crippen LogP contribution in [0.4, 0.5) is 0 Å². The van der Waals surface area contributed by atoms with Gasteiger partial charge in [-0.1, -0.05) is 6.08 Å². The number of hydrogen-bond donors (Lipinski definition) is 2. The third kappa shape index (κ3) is 4.49. The molecule has 0 saturated carbocycles. The molecule has 0 heterocycles. The lowest BCUT2D eigenvalue weighted by atomic mass is 10.2. The van der Waals surface area contributed by atoms with Crippen molar-refractivity contribution in [2.24, 2.45) is 5.84 Å². The van der Waals surface area contributed by atoms with Gasteiger partial charge in [0.25, 0.3) is 0 Å². The maximum atomic E-state index is 5.22. The SMILES string of the molecule is C=CCC(COCC)NN. The van der Waals surface area contributed by atoms with Crippen LogP contribution in [0.1, 0.15) is 13.3 Å². The van der Waals surface area contributed by atoms with Gasteiger partial charge in [-0.15, -0.1) is 6.58 Å². The number of nitrogens with one attached hydrogen (secondary N) is 1. The lowest BCUT2D eigenvalue weighted by molar-refractivity contribution is 0.123. The molecule has 0 aromatic heterocycles. The first-order valence-corrected chi connectivity index (χ1v) is 3.49. The predicted molar refractivity (Wildman–Crippen MR) is 42.4 cm³/mol. The van der Waals surface area contributed by atoms with E-state index in [1.807, 2.05) is 13.0 Å². The van der Waals surface area contributed by atoms with Gasteiger partial charge in [0.1, 0.15) is 0 Å². The topological polar surface area (TPSA) is 47.3 Å². The van der Waals surface area contributed by atoms with Crippen molar-refractivity contribution in [2.45, 2.75) is 19.4 Å². The van der Waals surface area contributed by atoms with Crippen LogP contribution in [0.5, 0.6) is 0 Å². The summed E-state index contributed by atoms with van der Waals surface area (Å²) >= 11 is 0. The molecule has 0 aliphatic heterocycles. The van der Waals surface area contributed by atoms with Gasteiger partial charge in [-0.05, 0) is 13.3 Å². The normalized spacial score (nSPS) is 13.0. The second-order valence-electron chi connectivity index (χ2n) is 2.05. The highest BCUT2D eigenvalue weighted by Crippen LogP contribution is 1.91. The molecule has 1 atom stereocenters. The summed E-state index contributed by atoms with van der Waals surface area (Å²) in [6.07, 6.45) is 2.67. The molecule has 0 rings (SSSR count). The Morgan fingerprint density at radius 1 is 1.80 bits per heavy atom. The van der Waals surface area contributed by atoms with E-state index in [0.29, 0.717) is 6.61 Å². The summed E-state index contributed by atoms with van der Waals surface area (Å²) in [7, 11) is 0. The van der Waals surface area contributed by atoms with E-state index in [1.165, 1.54) is 0 Å². The Hall–Kier alpha value is -0.380. The van der Waals surface area contributed by atoms with Crippen molar-refractivity contribution in [3.63, 3.8) is 0 Å². The molecule has 10 heavy (non-hydrogen) atoms. The molecule has 0 radical (unpaired) electrons. The summed E-state index contributed by atoms with van der Waals surface area (Å²) in [5, 5.41) is 0. The third-order valence-electron chi connectivity index (χ3n) is 1.21. The average Bonchev–Trinajstić information content (AvgIpc) is 1.98. The van der Waals surface area contributed by atoms with E-state index in [9.17, 15) is 0 Å². The Kier molecular flexibility index (Phi) is 6.48. The zero-order chi connectivity index (χ0) is 7.82. The van der Waals surface area contributed by atoms with Gasteiger partial charge in [0, 0.05) is 12.6 Å². The van der Waals surface area contributed by atoms with Crippen molar-refractivity contribution in [2.75, 3.05) is 13.2 Å². The Morgan fingerprint density at radius 2 is 2.50 bits per heavy atom. The lowest BCUT2D eigenvalue weighted by Gasteiger charge is -2.12. The first-order chi connectivity index (χ1) is 4.85. The largest absolute Gasteiger partial charge is 0.380 e. The van der Waals surface area contributed by atoms with Crippen LogP contribution in [0.2, 0.25) is 0 Å². The fourth-order valence-electron chi connectivity index (χ4n) is 0.645. The fourth-order valence-corrected chi connectivity index (χ4v) is 0.645. The van der Waals surface area contributed by atoms with Crippen LogP contribution < -0.4 is 11.3 Å². The van der Waals surface area contributed by atoms with Crippen LogP contribution in [0.25, 0.3) is 0 Å². The molecule has 0 aromatic carbocycles. The van der Waals surface area contributed by atoms with Gasteiger partial charge in [0.05, 0.1) is 6.61 Å². The molecule has 0 aromatic rings. The van der Waals surface area contributed by atoms with Gasteiger partial charge in [0.2, 0.25) is 0 Å². The van der Waals surface area contributed by atoms with E-state index >= 15 is 0 Å². The number of nitrogens with two attached hydrogens (primary N) is 1. The summed E-state index contributed by atoms with van der Waals surface area (Å²) in [5.41, 5.74) is 2.64. The molecule has 0 amide bonds. The van der Waals surface area contributed by atoms with E-state index < -0.39 is 0 Å². The quantitative estimate of drug-likeness (QED) is 0.323. The van der Waals surface area contributed by atoms with Crippen molar-refractivity contribution < 1.29 is 4.74 Å². The molecule has 0 aliphatic carbocycles. The zero-order valence-electron chi connectivity index (χ0n) is 6.47. The smallest absolute Gasteiger partial charge is 0.0635 e. The molecule has 1 unspecified atom stereocenters. The summed E-state index contributed by atoms with van der Waals surface area (Å²) in [6, 6.07) is 0.206. The molecule has 3 heteroatoms. The average molecular weight is 144 g/mol. The Labute approximate surface area is 62.2 Å². The number of rotatable bonds is 6. The maximum Gasteiger partial charge on any atom is 0.0635 e. The first-order valence-electron chi connectivity index (χ1n) is 3.49. The molecule has 0 aliphatic rings. The summed E-state index contributed by atoms with van der Waals surface area (Å²) in [5.74, 6) is 5.22. The highest BCUT2D eigenvalue weighted by molar-refractivity contribution is 4.75. The maximum absolute atomic E-state index is 5.22. The van der Waals surface area contributed by atoms with Crippen LogP contribution >= 0.6 is 0 Å². The van der Waals surface area contributed by atoms with Crippen molar-refractivity contribution in [3.8, 4) is 0 Å². The van der Waals surface area contributed by atoms with E-state index in [4.69, 9.17) is 10.6 Å². The molecule has 0 bridgehead atoms. The monoisotopic (exact) mass is 144 g/mol. The molecular formula is C7H16N2O. The predicted octanol–water partition coefficient (Wildman–Crippen LogP) is 0.431. The van der Waals surface area contributed by atoms with Crippen LogP contribution in [0.3, 0.4) is 0 Å². The van der Waals surface area contributed by atoms with Gasteiger partial charge >= 0.3 is 0 Å². The van der Waals surface area contributed by atoms with Gasteiger partial charge in [0.15, 0.2) is 0 Å². The molecule has 3 N–H and O–H groups in total. The summed E-state index contributed by atoms with van der Waals surface area (Å²) < 4.78 is 5.15. The lowest BCUT2D eigenvalue weighted by Crippen LogP contribution is -2.38. The standard InChI is InChI=1S/C7H16N2O/c1-3-5-7(9-8)6-10-4-2/h3,7,9H,1,4-6,8H2,2H3. The number of ether oxygens (including phenoxy) is 1. The minimum atomic E-state index is 0.206. The molecule has 0 fully saturated rings. The van der Waals surface area contributed by atoms with Crippen LogP contribution in [0, 0.1) is 0 Å². The summed E-state index contributed by atoms with van der Waals surface area (Å²) in [4.78, 5) is 0. The van der Waals surface area contributed by atoms with Gasteiger partial charge in [-0.3, -0.25) is 11.3 Å². The Morgan fingerprint density at radius 3 is 2.90 bits per heavy atom. The molecule has 0 saturated heterocycles. The van der Waals surface area contributed by atoms with Crippen molar-refractivity contribution in [1.29, 1.82) is 0 Å². The summed E-state index contributed by atoms with van der Waals surface area (Å²) in [6.45, 7) is 6.95. The van der Waals surface area contributed by atoms with Crippen LogP contribution in [-0.4, -0.2) is 19.3 Å². The van der Waals surface area contributed by atoms with Crippen molar-refractivity contribution in [1.82, 2.24) is 5.43 Å². The Balaban J connectivity index is 3.29. The van der Waals surface area contributed by atoms with E-state index in [1.54, 1.807) is 0 Å². The van der Waals surface area contributed by atoms with E-state index in [-0.39, 0.29) is 6.04 Å². The number of hydrogen-bond acceptors (Lipinski definition) is 3. The fraction of sp³-hybridized carbons (Fsp3) is 0.714. The highest BCUT2D eigenvalue weighted by atomic mass is 16.5. The second-order valence-corrected chi connectivity index (χ2v) is 2.05. The molecule has 0 spiro atoms. The van der Waals surface area contributed by atoms with Crippen LogP contribution in [0.15, 0.2) is 12.7 Å². The molecular weight excluding hydrogens is 128 g/mol. The molecule has 3 nitrogen and oxygen atoms in total. The highest BCUT2D eigenvalue weighted by Gasteiger charge is 2.01. The minimum Gasteiger partial charge on any atom is -0.380 e. The molecule has 60 valence electrons. The Bertz CT molecular complexity index is 85.7. The zero-order valence-corrected chi connectivity index (χ0v) is 6.47. The van der Waals surface area contributed by atoms with Gasteiger partial charge < -0.3 is 4.74 Å². The van der Waals surface area contributed by atoms with Gasteiger partial charge in [-0.25, -0.2) is 0 Å². The van der Waals surface area contributed by atoms with Crippen LogP contribution in [-0.2, 0) is 4.74 Å². The van der Waals surface area contributed by atoms with Crippen molar-refractivity contribution >= 4 is 0 Å². The van der Waals surface area contributed by atoms with E-state index in [0.717, 1.165) is 13.0 Å². The van der Waals surface area contributed by atoms with Crippen molar-refractivity contribution in [3.05, 3.63) is 12.7 Å². The number of hydrazine groups is 1. The minimum absolute atomic E-state index is 0.206. The second kappa shape index (κ2) is 6.74. The first kappa shape index (κ1) is 9.62.